The maximum Gasteiger partial charge on any atom is 0.407 e. The third kappa shape index (κ3) is 4.76. The number of hydrogen-bond donors (Lipinski definition) is 2. The summed E-state index contributed by atoms with van der Waals surface area (Å²) in [6, 6.07) is 18.5. The van der Waals surface area contributed by atoms with Crippen molar-refractivity contribution in [3.8, 4) is 5.75 Å². The van der Waals surface area contributed by atoms with Crippen LogP contribution in [0, 0.1) is 0 Å². The van der Waals surface area contributed by atoms with E-state index in [1.165, 1.54) is 0 Å². The summed E-state index contributed by atoms with van der Waals surface area (Å²) in [5.41, 5.74) is 2.13. The molecule has 1 aliphatic carbocycles. The van der Waals surface area contributed by atoms with Crippen LogP contribution >= 0.6 is 0 Å². The summed E-state index contributed by atoms with van der Waals surface area (Å²) in [5.74, 6) is 0.894. The second kappa shape index (κ2) is 8.72. The van der Waals surface area contributed by atoms with Gasteiger partial charge in [0.15, 0.2) is 0 Å². The second-order valence-electron chi connectivity index (χ2n) is 6.70. The Balaban J connectivity index is 1.38. The first kappa shape index (κ1) is 18.3. The van der Waals surface area contributed by atoms with Gasteiger partial charge in [0.1, 0.15) is 12.4 Å². The van der Waals surface area contributed by atoms with Gasteiger partial charge in [-0.1, -0.05) is 48.5 Å². The van der Waals surface area contributed by atoms with E-state index in [1.54, 1.807) is 7.11 Å². The molecule has 0 bridgehead atoms. The van der Waals surface area contributed by atoms with Crippen molar-refractivity contribution in [3.05, 3.63) is 65.7 Å². The molecular weight excluding hydrogens is 328 g/mol. The molecule has 1 atom stereocenters. The normalized spacial score (nSPS) is 19.9. The Hall–Kier alpha value is -2.53. The van der Waals surface area contributed by atoms with Gasteiger partial charge < -0.3 is 20.1 Å². The lowest BCUT2D eigenvalue weighted by Crippen LogP contribution is -2.52. The smallest absolute Gasteiger partial charge is 0.407 e. The van der Waals surface area contributed by atoms with Crippen molar-refractivity contribution in [1.29, 1.82) is 0 Å². The molecule has 2 aromatic rings. The van der Waals surface area contributed by atoms with Crippen LogP contribution in [-0.2, 0) is 11.3 Å². The van der Waals surface area contributed by atoms with Crippen molar-refractivity contribution in [2.24, 2.45) is 0 Å². The Kier molecular flexibility index (Phi) is 6.12. The molecule has 1 aliphatic rings. The third-order valence-electron chi connectivity index (χ3n) is 4.76. The Morgan fingerprint density at radius 2 is 1.77 bits per heavy atom. The van der Waals surface area contributed by atoms with E-state index in [2.05, 4.69) is 23.6 Å². The zero-order valence-electron chi connectivity index (χ0n) is 15.3. The standard InChI is InChI=1S/C21H26N2O3/c1-15(19-10-6-7-11-20(19)25-2)22-17-12-18(13-17)23-21(24)26-14-16-8-4-3-5-9-16/h3-11,15,17-18,22H,12-14H2,1-2H3,(H,23,24)/t15-,17?,18?/m0/s1. The molecule has 3 rings (SSSR count). The van der Waals surface area contributed by atoms with E-state index in [0.29, 0.717) is 12.6 Å². The number of amides is 1. The summed E-state index contributed by atoms with van der Waals surface area (Å²) in [5, 5.41) is 6.52. The predicted octanol–water partition coefficient (Wildman–Crippen LogP) is 3.80. The molecule has 138 valence electrons. The van der Waals surface area contributed by atoms with Gasteiger partial charge in [-0.15, -0.1) is 0 Å². The molecule has 1 saturated carbocycles. The maximum atomic E-state index is 11.9. The number of rotatable bonds is 7. The molecule has 5 nitrogen and oxygen atoms in total. The van der Waals surface area contributed by atoms with E-state index < -0.39 is 0 Å². The lowest BCUT2D eigenvalue weighted by atomic mass is 9.86. The molecule has 0 radical (unpaired) electrons. The number of alkyl carbamates (subject to hydrolysis) is 1. The topological polar surface area (TPSA) is 59.6 Å². The fourth-order valence-corrected chi connectivity index (χ4v) is 3.27. The van der Waals surface area contributed by atoms with Gasteiger partial charge in [-0.2, -0.15) is 0 Å². The van der Waals surface area contributed by atoms with Crippen molar-refractivity contribution < 1.29 is 14.3 Å². The number of carbonyl (C=O) groups is 1. The molecule has 2 aromatic carbocycles. The van der Waals surface area contributed by atoms with Crippen LogP contribution in [0.25, 0.3) is 0 Å². The van der Waals surface area contributed by atoms with Crippen LogP contribution in [0.3, 0.4) is 0 Å². The van der Waals surface area contributed by atoms with Crippen LogP contribution in [0.4, 0.5) is 4.79 Å². The van der Waals surface area contributed by atoms with E-state index in [4.69, 9.17) is 9.47 Å². The zero-order valence-corrected chi connectivity index (χ0v) is 15.3. The van der Waals surface area contributed by atoms with Gasteiger partial charge in [-0.3, -0.25) is 0 Å². The molecule has 1 amide bonds. The fourth-order valence-electron chi connectivity index (χ4n) is 3.27. The molecule has 0 saturated heterocycles. The number of carbonyl (C=O) groups excluding carboxylic acids is 1. The average molecular weight is 354 g/mol. The number of ether oxygens (including phenoxy) is 2. The van der Waals surface area contributed by atoms with E-state index in [-0.39, 0.29) is 18.2 Å². The number of benzene rings is 2. The molecule has 0 heterocycles. The third-order valence-corrected chi connectivity index (χ3v) is 4.76. The van der Waals surface area contributed by atoms with Crippen LogP contribution in [0.15, 0.2) is 54.6 Å². The lowest BCUT2D eigenvalue weighted by Gasteiger charge is -2.38. The molecule has 2 N–H and O–H groups in total. The van der Waals surface area contributed by atoms with Crippen molar-refractivity contribution >= 4 is 6.09 Å². The minimum absolute atomic E-state index is 0.167. The van der Waals surface area contributed by atoms with Gasteiger partial charge in [-0.25, -0.2) is 4.79 Å². The molecule has 1 fully saturated rings. The van der Waals surface area contributed by atoms with Crippen LogP contribution in [0.2, 0.25) is 0 Å². The number of para-hydroxylation sites is 1. The van der Waals surface area contributed by atoms with Crippen molar-refractivity contribution in [3.63, 3.8) is 0 Å². The highest BCUT2D eigenvalue weighted by Gasteiger charge is 2.31. The highest BCUT2D eigenvalue weighted by atomic mass is 16.5. The number of hydrogen-bond acceptors (Lipinski definition) is 4. The van der Waals surface area contributed by atoms with Crippen LogP contribution < -0.4 is 15.4 Å². The second-order valence-corrected chi connectivity index (χ2v) is 6.70. The number of nitrogens with one attached hydrogen (secondary N) is 2. The average Bonchev–Trinajstić information content (AvgIpc) is 2.65. The Labute approximate surface area is 154 Å². The summed E-state index contributed by atoms with van der Waals surface area (Å²) in [6.45, 7) is 2.43. The Bertz CT molecular complexity index is 714. The zero-order chi connectivity index (χ0) is 18.4. The van der Waals surface area contributed by atoms with Gasteiger partial charge in [0, 0.05) is 23.7 Å². The van der Waals surface area contributed by atoms with Gasteiger partial charge >= 0.3 is 6.09 Å². The quantitative estimate of drug-likeness (QED) is 0.794. The van der Waals surface area contributed by atoms with Gasteiger partial charge in [0.25, 0.3) is 0 Å². The Morgan fingerprint density at radius 3 is 2.50 bits per heavy atom. The molecule has 0 aromatic heterocycles. The molecule has 0 aliphatic heterocycles. The summed E-state index contributed by atoms with van der Waals surface area (Å²) < 4.78 is 10.7. The van der Waals surface area contributed by atoms with Crippen molar-refractivity contribution in [2.45, 2.75) is 44.5 Å². The molecule has 0 unspecified atom stereocenters. The fraction of sp³-hybridized carbons (Fsp3) is 0.381. The summed E-state index contributed by atoms with van der Waals surface area (Å²) in [7, 11) is 1.69. The molecule has 0 spiro atoms. The summed E-state index contributed by atoms with van der Waals surface area (Å²) in [6.07, 6.45) is 1.45. The number of methoxy groups -OCH3 is 1. The van der Waals surface area contributed by atoms with E-state index in [0.717, 1.165) is 29.7 Å². The van der Waals surface area contributed by atoms with Gasteiger partial charge in [0.2, 0.25) is 0 Å². The summed E-state index contributed by atoms with van der Waals surface area (Å²) in [4.78, 5) is 11.9. The first-order valence-corrected chi connectivity index (χ1v) is 9.02. The van der Waals surface area contributed by atoms with Crippen molar-refractivity contribution in [2.75, 3.05) is 7.11 Å². The molecule has 26 heavy (non-hydrogen) atoms. The van der Waals surface area contributed by atoms with Crippen LogP contribution in [0.5, 0.6) is 5.75 Å². The van der Waals surface area contributed by atoms with Gasteiger partial charge in [-0.05, 0) is 31.4 Å². The monoisotopic (exact) mass is 354 g/mol. The minimum Gasteiger partial charge on any atom is -0.496 e. The van der Waals surface area contributed by atoms with Crippen molar-refractivity contribution in [1.82, 2.24) is 10.6 Å². The summed E-state index contributed by atoms with van der Waals surface area (Å²) >= 11 is 0. The predicted molar refractivity (Wildman–Crippen MR) is 101 cm³/mol. The van der Waals surface area contributed by atoms with Crippen LogP contribution in [0.1, 0.15) is 36.9 Å². The van der Waals surface area contributed by atoms with E-state index in [1.807, 2.05) is 48.5 Å². The molecular formula is C21H26N2O3. The van der Waals surface area contributed by atoms with E-state index in [9.17, 15) is 4.79 Å². The largest absolute Gasteiger partial charge is 0.496 e. The van der Waals surface area contributed by atoms with Crippen LogP contribution in [-0.4, -0.2) is 25.3 Å². The first-order chi connectivity index (χ1) is 12.7. The SMILES string of the molecule is COc1ccccc1[C@H](C)NC1CC(NC(=O)OCc2ccccc2)C1. The minimum atomic E-state index is -0.352. The first-order valence-electron chi connectivity index (χ1n) is 9.02. The highest BCUT2D eigenvalue weighted by Crippen LogP contribution is 2.28. The Morgan fingerprint density at radius 1 is 1.08 bits per heavy atom. The lowest BCUT2D eigenvalue weighted by molar-refractivity contribution is 0.124. The van der Waals surface area contributed by atoms with Gasteiger partial charge in [0.05, 0.1) is 7.11 Å². The maximum absolute atomic E-state index is 11.9. The van der Waals surface area contributed by atoms with E-state index >= 15 is 0 Å². The molecule has 5 heteroatoms. The highest BCUT2D eigenvalue weighted by molar-refractivity contribution is 5.67.